The maximum absolute atomic E-state index is 12.0. The van der Waals surface area contributed by atoms with E-state index in [1.54, 1.807) is 4.90 Å². The van der Waals surface area contributed by atoms with Gasteiger partial charge in [-0.1, -0.05) is 0 Å². The molecule has 0 fully saturated rings. The zero-order chi connectivity index (χ0) is 13.3. The van der Waals surface area contributed by atoms with Crippen LogP contribution < -0.4 is 5.73 Å². The van der Waals surface area contributed by atoms with Gasteiger partial charge in [0.2, 0.25) is 0 Å². The van der Waals surface area contributed by atoms with Gasteiger partial charge in [0.05, 0.1) is 12.2 Å². The molecule has 2 N–H and O–H groups in total. The largest absolute Gasteiger partial charge is 0.444 e. The highest BCUT2D eigenvalue weighted by molar-refractivity contribution is 5.85. The number of hydrogen-bond donors (Lipinski definition) is 1. The predicted octanol–water partition coefficient (Wildman–Crippen LogP) is 2.03. The molecule has 1 aromatic heterocycles. The van der Waals surface area contributed by atoms with E-state index < -0.39 is 5.60 Å². The number of halogens is 1. The molecule has 0 bridgehead atoms. The molecule has 0 radical (unpaired) electrons. The number of fused-ring (bicyclic) bond motifs is 1. The van der Waals surface area contributed by atoms with Crippen LogP contribution in [0.1, 0.15) is 32.9 Å². The van der Waals surface area contributed by atoms with E-state index in [4.69, 9.17) is 10.5 Å². The molecule has 0 aliphatic carbocycles. The van der Waals surface area contributed by atoms with E-state index in [9.17, 15) is 4.79 Å². The number of ether oxygens (including phenoxy) is 1. The Balaban J connectivity index is 0.00000180. The van der Waals surface area contributed by atoms with Crippen molar-refractivity contribution in [2.75, 3.05) is 12.3 Å². The molecule has 2 rings (SSSR count). The number of aromatic nitrogens is 2. The molecule has 0 saturated heterocycles. The number of amides is 1. The molecule has 0 unspecified atom stereocenters. The summed E-state index contributed by atoms with van der Waals surface area (Å²) in [5.41, 5.74) is 6.15. The lowest BCUT2D eigenvalue weighted by Gasteiger charge is -2.26. The molecule has 0 aromatic carbocycles. The highest BCUT2D eigenvalue weighted by atomic mass is 35.5. The number of hydrogen-bond acceptors (Lipinski definition) is 4. The summed E-state index contributed by atoms with van der Waals surface area (Å²) in [7, 11) is 0. The average Bonchev–Trinajstić information content (AvgIpc) is 2.43. The van der Waals surface area contributed by atoms with Gasteiger partial charge >= 0.3 is 6.09 Å². The summed E-state index contributed by atoms with van der Waals surface area (Å²) in [6.45, 7) is 7.56. The Morgan fingerprint density at radius 2 is 2.11 bits per heavy atom. The minimum absolute atomic E-state index is 0. The molecule has 7 heteroatoms. The van der Waals surface area contributed by atoms with Crippen molar-refractivity contribution in [1.29, 1.82) is 0 Å². The van der Waals surface area contributed by atoms with E-state index in [0.29, 0.717) is 18.9 Å². The zero-order valence-corrected chi connectivity index (χ0v) is 12.4. The third-order valence-corrected chi connectivity index (χ3v) is 2.68. The van der Waals surface area contributed by atoms with Gasteiger partial charge in [-0.15, -0.1) is 12.4 Å². The van der Waals surface area contributed by atoms with Crippen molar-refractivity contribution in [1.82, 2.24) is 14.7 Å². The van der Waals surface area contributed by atoms with Crippen LogP contribution in [0.3, 0.4) is 0 Å². The molecule has 0 saturated carbocycles. The average molecular weight is 289 g/mol. The topological polar surface area (TPSA) is 73.4 Å². The Morgan fingerprint density at radius 3 is 2.74 bits per heavy atom. The first-order chi connectivity index (χ1) is 8.35. The Morgan fingerprint density at radius 1 is 1.42 bits per heavy atom. The Kier molecular flexibility index (Phi) is 4.68. The fourth-order valence-corrected chi connectivity index (χ4v) is 1.97. The van der Waals surface area contributed by atoms with Crippen LogP contribution in [0.5, 0.6) is 0 Å². The van der Waals surface area contributed by atoms with Crippen LogP contribution in [-0.2, 0) is 17.8 Å². The van der Waals surface area contributed by atoms with E-state index in [1.807, 2.05) is 31.5 Å². The fraction of sp³-hybridized carbons (Fsp3) is 0.667. The summed E-state index contributed by atoms with van der Waals surface area (Å²) in [5.74, 6) is 0.496. The van der Waals surface area contributed by atoms with E-state index in [0.717, 1.165) is 18.7 Å². The maximum Gasteiger partial charge on any atom is 0.410 e. The lowest BCUT2D eigenvalue weighted by atomic mass is 10.2. The standard InChI is InChI=1S/C12H20N4O2.ClH/c1-12(2,3)18-11(17)15-5-4-6-16-9(8-15)7-10(13)14-16;/h7H,4-6,8H2,1-3H3,(H2,13,14);1H. The summed E-state index contributed by atoms with van der Waals surface area (Å²) >= 11 is 0. The van der Waals surface area contributed by atoms with Gasteiger partial charge in [0.15, 0.2) is 0 Å². The molecule has 1 amide bonds. The minimum atomic E-state index is -0.470. The van der Waals surface area contributed by atoms with Crippen molar-refractivity contribution >= 4 is 24.3 Å². The van der Waals surface area contributed by atoms with Crippen LogP contribution in [0.15, 0.2) is 6.07 Å². The molecule has 19 heavy (non-hydrogen) atoms. The predicted molar refractivity (Wildman–Crippen MR) is 75.1 cm³/mol. The number of nitrogens with two attached hydrogens (primary N) is 1. The van der Waals surface area contributed by atoms with Crippen LogP contribution in [0.4, 0.5) is 10.6 Å². The Labute approximate surface area is 119 Å². The first-order valence-electron chi connectivity index (χ1n) is 6.15. The summed E-state index contributed by atoms with van der Waals surface area (Å²) in [5, 5.41) is 4.20. The molecule has 2 heterocycles. The van der Waals surface area contributed by atoms with Crippen LogP contribution >= 0.6 is 12.4 Å². The van der Waals surface area contributed by atoms with Crippen molar-refractivity contribution in [3.05, 3.63) is 11.8 Å². The van der Waals surface area contributed by atoms with Gasteiger partial charge in [-0.25, -0.2) is 4.79 Å². The number of aryl methyl sites for hydroxylation is 1. The van der Waals surface area contributed by atoms with E-state index >= 15 is 0 Å². The van der Waals surface area contributed by atoms with Gasteiger partial charge in [0.1, 0.15) is 11.4 Å². The van der Waals surface area contributed by atoms with Crippen LogP contribution in [0.25, 0.3) is 0 Å². The van der Waals surface area contributed by atoms with Gasteiger partial charge in [-0.2, -0.15) is 5.10 Å². The SMILES string of the molecule is CC(C)(C)OC(=O)N1CCCn2nc(N)cc2C1.Cl. The monoisotopic (exact) mass is 288 g/mol. The third-order valence-electron chi connectivity index (χ3n) is 2.68. The molecule has 1 aliphatic rings. The number of rotatable bonds is 0. The van der Waals surface area contributed by atoms with Gasteiger partial charge in [0.25, 0.3) is 0 Å². The number of carbonyl (C=O) groups is 1. The quantitative estimate of drug-likeness (QED) is 0.793. The second-order valence-electron chi connectivity index (χ2n) is 5.54. The highest BCUT2D eigenvalue weighted by Crippen LogP contribution is 2.17. The summed E-state index contributed by atoms with van der Waals surface area (Å²) in [6.07, 6.45) is 0.573. The normalized spacial score (nSPS) is 15.2. The summed E-state index contributed by atoms with van der Waals surface area (Å²) in [6, 6.07) is 1.81. The second kappa shape index (κ2) is 5.69. The van der Waals surface area contributed by atoms with Gasteiger partial charge in [-0.3, -0.25) is 4.68 Å². The minimum Gasteiger partial charge on any atom is -0.444 e. The Hall–Kier alpha value is -1.43. The molecule has 0 atom stereocenters. The van der Waals surface area contributed by atoms with Crippen LogP contribution in [-0.4, -0.2) is 32.9 Å². The first-order valence-corrected chi connectivity index (χ1v) is 6.15. The lowest BCUT2D eigenvalue weighted by Crippen LogP contribution is -2.36. The number of nitrogen functional groups attached to an aromatic ring is 1. The van der Waals surface area contributed by atoms with Crippen molar-refractivity contribution in [2.45, 2.75) is 45.9 Å². The summed E-state index contributed by atoms with van der Waals surface area (Å²) < 4.78 is 7.24. The van der Waals surface area contributed by atoms with E-state index in [2.05, 4.69) is 5.10 Å². The van der Waals surface area contributed by atoms with Crippen molar-refractivity contribution in [3.63, 3.8) is 0 Å². The number of nitrogens with zero attached hydrogens (tertiary/aromatic N) is 3. The van der Waals surface area contributed by atoms with Crippen LogP contribution in [0.2, 0.25) is 0 Å². The molecular weight excluding hydrogens is 268 g/mol. The number of anilines is 1. The first kappa shape index (κ1) is 15.6. The smallest absolute Gasteiger partial charge is 0.410 e. The third kappa shape index (κ3) is 4.02. The van der Waals surface area contributed by atoms with Crippen LogP contribution in [0, 0.1) is 0 Å². The lowest BCUT2D eigenvalue weighted by molar-refractivity contribution is 0.0236. The molecule has 6 nitrogen and oxygen atoms in total. The molecule has 1 aromatic rings. The van der Waals surface area contributed by atoms with E-state index in [-0.39, 0.29) is 18.5 Å². The summed E-state index contributed by atoms with van der Waals surface area (Å²) in [4.78, 5) is 13.7. The number of carbonyl (C=O) groups excluding carboxylic acids is 1. The van der Waals surface area contributed by atoms with Gasteiger partial charge in [-0.05, 0) is 27.2 Å². The van der Waals surface area contributed by atoms with Crippen molar-refractivity contribution in [3.8, 4) is 0 Å². The van der Waals surface area contributed by atoms with Crippen molar-refractivity contribution in [2.24, 2.45) is 0 Å². The van der Waals surface area contributed by atoms with E-state index in [1.165, 1.54) is 0 Å². The maximum atomic E-state index is 12.0. The second-order valence-corrected chi connectivity index (χ2v) is 5.54. The Bertz CT molecular complexity index is 453. The highest BCUT2D eigenvalue weighted by Gasteiger charge is 2.25. The fourth-order valence-electron chi connectivity index (χ4n) is 1.97. The van der Waals surface area contributed by atoms with Crippen molar-refractivity contribution < 1.29 is 9.53 Å². The molecular formula is C12H21ClN4O2. The molecule has 0 spiro atoms. The van der Waals surface area contributed by atoms with Gasteiger partial charge in [0, 0.05) is 19.2 Å². The molecule has 1 aliphatic heterocycles. The zero-order valence-electron chi connectivity index (χ0n) is 11.5. The molecule has 108 valence electrons. The van der Waals surface area contributed by atoms with Gasteiger partial charge < -0.3 is 15.4 Å².